The number of aromatic nitrogens is 1. The largest absolute Gasteiger partial charge is 0.356 e. The number of hydrogen-bond acceptors (Lipinski definition) is 3. The van der Waals surface area contributed by atoms with Gasteiger partial charge in [0.2, 0.25) is 10.0 Å². The van der Waals surface area contributed by atoms with Gasteiger partial charge in [-0.2, -0.15) is 4.31 Å². The second-order valence-electron chi connectivity index (χ2n) is 5.75. The zero-order valence-electron chi connectivity index (χ0n) is 13.6. The van der Waals surface area contributed by atoms with E-state index in [1.165, 1.54) is 16.6 Å². The molecule has 1 aliphatic heterocycles. The predicted octanol–water partition coefficient (Wildman–Crippen LogP) is 1.72. The van der Waals surface area contributed by atoms with Crippen molar-refractivity contribution in [2.45, 2.75) is 50.0 Å². The molecule has 0 aromatic carbocycles. The Morgan fingerprint density at radius 1 is 1.39 bits per heavy atom. The summed E-state index contributed by atoms with van der Waals surface area (Å²) >= 11 is 0. The highest BCUT2D eigenvalue weighted by molar-refractivity contribution is 7.89. The van der Waals surface area contributed by atoms with Crippen molar-refractivity contribution < 1.29 is 13.2 Å². The molecule has 7 heteroatoms. The molecular weight excluding hydrogens is 314 g/mol. The summed E-state index contributed by atoms with van der Waals surface area (Å²) in [7, 11) is -3.53. The molecule has 1 fully saturated rings. The topological polar surface area (TPSA) is 82.3 Å². The van der Waals surface area contributed by atoms with E-state index in [2.05, 4.69) is 16.2 Å². The molecule has 0 unspecified atom stereocenters. The van der Waals surface area contributed by atoms with E-state index in [-0.39, 0.29) is 10.6 Å². The number of H-pyrrole nitrogens is 1. The molecule has 2 N–H and O–H groups in total. The Morgan fingerprint density at radius 2 is 2.00 bits per heavy atom. The second-order valence-corrected chi connectivity index (χ2v) is 7.69. The highest BCUT2D eigenvalue weighted by atomic mass is 32.2. The Kier molecular flexibility index (Phi) is 5.17. The standard InChI is InChI=1S/C16H23N3O3S/c1-4-16(5-2,6-3)18-15(20)14-11-13(12-17-14)23(21,22)19-9-7-8-10-19/h1,11-12,17H,5-10H2,2-3H3,(H,18,20). The maximum Gasteiger partial charge on any atom is 0.268 e. The number of carbonyl (C=O) groups is 1. The smallest absolute Gasteiger partial charge is 0.268 e. The minimum atomic E-state index is -3.53. The molecular formula is C16H23N3O3S. The maximum absolute atomic E-state index is 12.5. The summed E-state index contributed by atoms with van der Waals surface area (Å²) in [6.07, 6.45) is 9.84. The second kappa shape index (κ2) is 6.77. The minimum Gasteiger partial charge on any atom is -0.356 e. The van der Waals surface area contributed by atoms with Crippen LogP contribution in [0.3, 0.4) is 0 Å². The van der Waals surface area contributed by atoms with Crippen LogP contribution in [0.4, 0.5) is 0 Å². The Bertz CT molecular complexity index is 705. The highest BCUT2D eigenvalue weighted by Crippen LogP contribution is 2.22. The lowest BCUT2D eigenvalue weighted by Gasteiger charge is -2.26. The van der Waals surface area contributed by atoms with Gasteiger partial charge in [-0.15, -0.1) is 6.42 Å². The van der Waals surface area contributed by atoms with E-state index in [0.717, 1.165) is 12.8 Å². The van der Waals surface area contributed by atoms with Crippen molar-refractivity contribution in [3.8, 4) is 12.3 Å². The lowest BCUT2D eigenvalue weighted by molar-refractivity contribution is 0.0912. The van der Waals surface area contributed by atoms with E-state index in [0.29, 0.717) is 25.9 Å². The van der Waals surface area contributed by atoms with Crippen LogP contribution in [0.5, 0.6) is 0 Å². The molecule has 0 aliphatic carbocycles. The van der Waals surface area contributed by atoms with Crippen molar-refractivity contribution in [1.29, 1.82) is 0 Å². The number of nitrogens with zero attached hydrogens (tertiary/aromatic N) is 1. The van der Waals surface area contributed by atoms with Crippen LogP contribution in [-0.4, -0.2) is 42.2 Å². The van der Waals surface area contributed by atoms with Crippen molar-refractivity contribution in [1.82, 2.24) is 14.6 Å². The number of carbonyl (C=O) groups excluding carboxylic acids is 1. The highest BCUT2D eigenvalue weighted by Gasteiger charge is 2.30. The van der Waals surface area contributed by atoms with Crippen LogP contribution in [0, 0.1) is 12.3 Å². The maximum atomic E-state index is 12.5. The third-order valence-electron chi connectivity index (χ3n) is 4.44. The van der Waals surface area contributed by atoms with Gasteiger partial charge in [-0.25, -0.2) is 8.42 Å². The molecule has 0 bridgehead atoms. The summed E-state index contributed by atoms with van der Waals surface area (Å²) in [4.78, 5) is 15.2. The molecule has 23 heavy (non-hydrogen) atoms. The number of rotatable bonds is 6. The fourth-order valence-corrected chi connectivity index (χ4v) is 4.20. The van der Waals surface area contributed by atoms with Crippen molar-refractivity contribution in [2.24, 2.45) is 0 Å². The summed E-state index contributed by atoms with van der Waals surface area (Å²) in [5.41, 5.74) is -0.514. The van der Waals surface area contributed by atoms with Crippen LogP contribution in [0.1, 0.15) is 50.0 Å². The first-order chi connectivity index (χ1) is 10.9. The Balaban J connectivity index is 2.19. The van der Waals surface area contributed by atoms with Crippen LogP contribution in [-0.2, 0) is 10.0 Å². The lowest BCUT2D eigenvalue weighted by Crippen LogP contribution is -2.46. The average molecular weight is 337 g/mol. The van der Waals surface area contributed by atoms with E-state index in [1.54, 1.807) is 0 Å². The summed E-state index contributed by atoms with van der Waals surface area (Å²) in [6.45, 7) is 4.87. The lowest BCUT2D eigenvalue weighted by atomic mass is 9.94. The average Bonchev–Trinajstić information content (AvgIpc) is 3.24. The van der Waals surface area contributed by atoms with Crippen LogP contribution < -0.4 is 5.32 Å². The molecule has 0 spiro atoms. The zero-order chi connectivity index (χ0) is 17.1. The van der Waals surface area contributed by atoms with Crippen molar-refractivity contribution in [3.63, 3.8) is 0 Å². The van der Waals surface area contributed by atoms with E-state index in [9.17, 15) is 13.2 Å². The quantitative estimate of drug-likeness (QED) is 0.776. The van der Waals surface area contributed by atoms with Gasteiger partial charge in [-0.3, -0.25) is 4.79 Å². The summed E-state index contributed by atoms with van der Waals surface area (Å²) in [5, 5.41) is 2.82. The van der Waals surface area contributed by atoms with Crippen LogP contribution in [0.25, 0.3) is 0 Å². The first-order valence-electron chi connectivity index (χ1n) is 7.87. The third-order valence-corrected chi connectivity index (χ3v) is 6.32. The van der Waals surface area contributed by atoms with Gasteiger partial charge in [-0.1, -0.05) is 19.8 Å². The monoisotopic (exact) mass is 337 g/mol. The molecule has 0 radical (unpaired) electrons. The zero-order valence-corrected chi connectivity index (χ0v) is 14.4. The minimum absolute atomic E-state index is 0.115. The number of amides is 1. The number of nitrogens with one attached hydrogen (secondary N) is 2. The molecule has 0 atom stereocenters. The summed E-state index contributed by atoms with van der Waals surface area (Å²) < 4.78 is 26.4. The van der Waals surface area contributed by atoms with Gasteiger partial charge in [0, 0.05) is 19.3 Å². The first kappa shape index (κ1) is 17.6. The van der Waals surface area contributed by atoms with Gasteiger partial charge in [0.05, 0.1) is 0 Å². The van der Waals surface area contributed by atoms with E-state index in [1.807, 2.05) is 13.8 Å². The Hall–Kier alpha value is -1.78. The van der Waals surface area contributed by atoms with E-state index < -0.39 is 21.5 Å². The molecule has 1 saturated heterocycles. The van der Waals surface area contributed by atoms with Gasteiger partial charge in [0.1, 0.15) is 16.1 Å². The van der Waals surface area contributed by atoms with Gasteiger partial charge in [0.15, 0.2) is 0 Å². The van der Waals surface area contributed by atoms with Gasteiger partial charge in [0.25, 0.3) is 5.91 Å². The fraction of sp³-hybridized carbons (Fsp3) is 0.562. The summed E-state index contributed by atoms with van der Waals surface area (Å²) in [5.74, 6) is 2.23. The van der Waals surface area contributed by atoms with Crippen LogP contribution >= 0.6 is 0 Å². The SMILES string of the molecule is C#CC(CC)(CC)NC(=O)c1cc(S(=O)(=O)N2CCCC2)c[nH]1. The molecule has 1 aromatic rings. The van der Waals surface area contributed by atoms with E-state index >= 15 is 0 Å². The predicted molar refractivity (Wildman–Crippen MR) is 88.4 cm³/mol. The normalized spacial score (nSPS) is 16.2. The number of terminal acetylenes is 1. The third kappa shape index (κ3) is 3.43. The molecule has 6 nitrogen and oxygen atoms in total. The first-order valence-corrected chi connectivity index (χ1v) is 9.31. The number of sulfonamides is 1. The van der Waals surface area contributed by atoms with Crippen LogP contribution in [0.15, 0.2) is 17.2 Å². The molecule has 1 amide bonds. The molecule has 2 heterocycles. The Labute approximate surface area is 137 Å². The molecule has 2 rings (SSSR count). The Morgan fingerprint density at radius 3 is 2.52 bits per heavy atom. The van der Waals surface area contributed by atoms with Gasteiger partial charge < -0.3 is 10.3 Å². The molecule has 1 aliphatic rings. The van der Waals surface area contributed by atoms with Gasteiger partial charge in [-0.05, 0) is 31.7 Å². The van der Waals surface area contributed by atoms with Gasteiger partial charge >= 0.3 is 0 Å². The summed E-state index contributed by atoms with van der Waals surface area (Å²) in [6, 6.07) is 1.37. The van der Waals surface area contributed by atoms with Crippen molar-refractivity contribution in [3.05, 3.63) is 18.0 Å². The van der Waals surface area contributed by atoms with Crippen LogP contribution in [0.2, 0.25) is 0 Å². The van der Waals surface area contributed by atoms with E-state index in [4.69, 9.17) is 6.42 Å². The number of hydrogen-bond donors (Lipinski definition) is 2. The molecule has 126 valence electrons. The van der Waals surface area contributed by atoms with Crippen molar-refractivity contribution >= 4 is 15.9 Å². The van der Waals surface area contributed by atoms with Crippen molar-refractivity contribution in [2.75, 3.05) is 13.1 Å². The number of aromatic amines is 1. The fourth-order valence-electron chi connectivity index (χ4n) is 2.68. The molecule has 1 aromatic heterocycles. The molecule has 0 saturated carbocycles.